The zero-order valence-electron chi connectivity index (χ0n) is 14.2. The Morgan fingerprint density at radius 1 is 1.25 bits per heavy atom. The van der Waals surface area contributed by atoms with Crippen molar-refractivity contribution in [3.8, 4) is 10.6 Å². The van der Waals surface area contributed by atoms with Gasteiger partial charge in [0, 0.05) is 36.0 Å². The van der Waals surface area contributed by atoms with Gasteiger partial charge in [-0.15, -0.1) is 11.3 Å². The molecule has 0 aliphatic carbocycles. The average Bonchev–Trinajstić information content (AvgIpc) is 3.14. The van der Waals surface area contributed by atoms with Gasteiger partial charge in [-0.25, -0.2) is 9.78 Å². The molecule has 6 heteroatoms. The van der Waals surface area contributed by atoms with Gasteiger partial charge in [0.2, 0.25) is 0 Å². The van der Waals surface area contributed by atoms with Crippen molar-refractivity contribution >= 4 is 23.1 Å². The van der Waals surface area contributed by atoms with E-state index in [1.165, 1.54) is 0 Å². The molecule has 0 radical (unpaired) electrons. The molecule has 0 spiro atoms. The second-order valence-electron chi connectivity index (χ2n) is 5.90. The Balaban J connectivity index is 1.90. The second-order valence-corrected chi connectivity index (χ2v) is 6.80. The third-order valence-corrected chi connectivity index (χ3v) is 5.41. The molecular weight excluding hydrogens is 322 g/mol. The molecule has 2 amide bonds. The minimum Gasteiger partial charge on any atom is -0.396 e. The molecule has 0 fully saturated rings. The normalized spacial score (nSPS) is 11.3. The first-order valence-corrected chi connectivity index (χ1v) is 9.16. The number of anilines is 1. The predicted molar refractivity (Wildman–Crippen MR) is 99.3 cm³/mol. The van der Waals surface area contributed by atoms with Gasteiger partial charge >= 0.3 is 6.03 Å². The summed E-state index contributed by atoms with van der Waals surface area (Å²) in [5.74, 6) is 0. The second kappa shape index (κ2) is 8.80. The van der Waals surface area contributed by atoms with Crippen LogP contribution in [0.3, 0.4) is 0 Å². The van der Waals surface area contributed by atoms with Gasteiger partial charge in [-0.3, -0.25) is 0 Å². The summed E-state index contributed by atoms with van der Waals surface area (Å²) in [6.45, 7) is 4.89. The van der Waals surface area contributed by atoms with Crippen molar-refractivity contribution < 1.29 is 9.90 Å². The van der Waals surface area contributed by atoms with Gasteiger partial charge in [0.05, 0.1) is 0 Å². The fraction of sp³-hybridized carbons (Fsp3) is 0.444. The highest BCUT2D eigenvalue weighted by Gasteiger charge is 2.26. The zero-order chi connectivity index (χ0) is 17.4. The van der Waals surface area contributed by atoms with Crippen molar-refractivity contribution in [1.82, 2.24) is 10.3 Å². The monoisotopic (exact) mass is 347 g/mol. The highest BCUT2D eigenvalue weighted by atomic mass is 32.1. The summed E-state index contributed by atoms with van der Waals surface area (Å²) in [6.07, 6.45) is 4.32. The number of rotatable bonds is 8. The standard InChI is InChI=1S/C18H25N3O2S/c1-3-18(4-2,9-11-22)13-20-17(23)21-15-7-5-14(6-8-15)16-19-10-12-24-16/h5-8,10,12,22H,3-4,9,11,13H2,1-2H3,(H2,20,21,23). The van der Waals surface area contributed by atoms with Crippen molar-refractivity contribution in [2.24, 2.45) is 5.41 Å². The summed E-state index contributed by atoms with van der Waals surface area (Å²) in [6, 6.07) is 7.42. The molecule has 0 aliphatic heterocycles. The van der Waals surface area contributed by atoms with Crippen LogP contribution >= 0.6 is 11.3 Å². The molecule has 0 atom stereocenters. The molecule has 0 unspecified atom stereocenters. The van der Waals surface area contributed by atoms with E-state index in [1.807, 2.05) is 29.6 Å². The van der Waals surface area contributed by atoms with E-state index in [4.69, 9.17) is 0 Å². The summed E-state index contributed by atoms with van der Waals surface area (Å²) in [5, 5.41) is 17.9. The number of hydrogen-bond donors (Lipinski definition) is 3. The number of amides is 2. The molecule has 3 N–H and O–H groups in total. The zero-order valence-corrected chi connectivity index (χ0v) is 15.0. The molecule has 0 saturated carbocycles. The van der Waals surface area contributed by atoms with Crippen molar-refractivity contribution in [3.63, 3.8) is 0 Å². The lowest BCUT2D eigenvalue weighted by Crippen LogP contribution is -2.39. The van der Waals surface area contributed by atoms with E-state index in [1.54, 1.807) is 17.5 Å². The van der Waals surface area contributed by atoms with Crippen LogP contribution in [0.4, 0.5) is 10.5 Å². The molecule has 2 rings (SSSR count). The lowest BCUT2D eigenvalue weighted by atomic mass is 9.79. The number of aromatic nitrogens is 1. The number of benzene rings is 1. The number of carbonyl (C=O) groups excluding carboxylic acids is 1. The van der Waals surface area contributed by atoms with E-state index < -0.39 is 0 Å². The lowest BCUT2D eigenvalue weighted by Gasteiger charge is -2.31. The summed E-state index contributed by atoms with van der Waals surface area (Å²) in [5.41, 5.74) is 1.74. The van der Waals surface area contributed by atoms with Crippen molar-refractivity contribution in [1.29, 1.82) is 0 Å². The van der Waals surface area contributed by atoms with E-state index >= 15 is 0 Å². The van der Waals surface area contributed by atoms with Crippen LogP contribution in [0.5, 0.6) is 0 Å². The number of urea groups is 1. The highest BCUT2D eigenvalue weighted by Crippen LogP contribution is 2.29. The quantitative estimate of drug-likeness (QED) is 0.672. The first-order valence-electron chi connectivity index (χ1n) is 8.28. The number of carbonyl (C=O) groups is 1. The van der Waals surface area contributed by atoms with Crippen LogP contribution in [0.1, 0.15) is 33.1 Å². The lowest BCUT2D eigenvalue weighted by molar-refractivity contribution is 0.165. The summed E-state index contributed by atoms with van der Waals surface area (Å²) in [7, 11) is 0. The number of nitrogens with zero attached hydrogens (tertiary/aromatic N) is 1. The SMILES string of the molecule is CCC(CC)(CCO)CNC(=O)Nc1ccc(-c2nccs2)cc1. The number of aliphatic hydroxyl groups is 1. The molecule has 0 aliphatic rings. The summed E-state index contributed by atoms with van der Waals surface area (Å²) >= 11 is 1.58. The number of thiazole rings is 1. The topological polar surface area (TPSA) is 74.2 Å². The molecule has 0 bridgehead atoms. The maximum Gasteiger partial charge on any atom is 0.319 e. The highest BCUT2D eigenvalue weighted by molar-refractivity contribution is 7.13. The van der Waals surface area contributed by atoms with Crippen LogP contribution in [-0.2, 0) is 0 Å². The molecule has 130 valence electrons. The smallest absolute Gasteiger partial charge is 0.319 e. The summed E-state index contributed by atoms with van der Waals surface area (Å²) < 4.78 is 0. The Morgan fingerprint density at radius 2 is 1.96 bits per heavy atom. The molecular formula is C18H25N3O2S. The van der Waals surface area contributed by atoms with Gasteiger partial charge in [0.1, 0.15) is 5.01 Å². The third kappa shape index (κ3) is 4.79. The van der Waals surface area contributed by atoms with E-state index in [0.717, 1.165) is 29.1 Å². The van der Waals surface area contributed by atoms with Gasteiger partial charge in [-0.2, -0.15) is 0 Å². The summed E-state index contributed by atoms with van der Waals surface area (Å²) in [4.78, 5) is 16.4. The molecule has 24 heavy (non-hydrogen) atoms. The molecule has 1 aromatic heterocycles. The van der Waals surface area contributed by atoms with E-state index in [0.29, 0.717) is 13.0 Å². The Labute approximate surface area is 147 Å². The third-order valence-electron chi connectivity index (χ3n) is 4.59. The number of hydrogen-bond acceptors (Lipinski definition) is 4. The van der Waals surface area contributed by atoms with Gasteiger partial charge in [-0.1, -0.05) is 13.8 Å². The van der Waals surface area contributed by atoms with E-state index in [-0.39, 0.29) is 18.1 Å². The predicted octanol–water partition coefficient (Wildman–Crippen LogP) is 4.12. The van der Waals surface area contributed by atoms with Crippen LogP contribution in [-0.4, -0.2) is 29.3 Å². The van der Waals surface area contributed by atoms with Crippen LogP contribution < -0.4 is 10.6 Å². The van der Waals surface area contributed by atoms with E-state index in [2.05, 4.69) is 29.5 Å². The van der Waals surface area contributed by atoms with Crippen molar-refractivity contribution in [3.05, 3.63) is 35.8 Å². The minimum atomic E-state index is -0.221. The average molecular weight is 347 g/mol. The molecule has 0 saturated heterocycles. The van der Waals surface area contributed by atoms with Crippen molar-refractivity contribution in [2.45, 2.75) is 33.1 Å². The minimum absolute atomic E-state index is 0.0409. The maximum absolute atomic E-state index is 12.1. The number of aliphatic hydroxyl groups excluding tert-OH is 1. The van der Waals surface area contributed by atoms with Crippen LogP contribution in [0.15, 0.2) is 35.8 Å². The van der Waals surface area contributed by atoms with Gasteiger partial charge in [0.15, 0.2) is 0 Å². The fourth-order valence-electron chi connectivity index (χ4n) is 2.68. The molecule has 1 heterocycles. The van der Waals surface area contributed by atoms with Gasteiger partial charge in [0.25, 0.3) is 0 Å². The Bertz CT molecular complexity index is 622. The first kappa shape index (κ1) is 18.4. The van der Waals surface area contributed by atoms with Crippen LogP contribution in [0.2, 0.25) is 0 Å². The van der Waals surface area contributed by atoms with Gasteiger partial charge in [-0.05, 0) is 48.9 Å². The van der Waals surface area contributed by atoms with Gasteiger partial charge < -0.3 is 15.7 Å². The fourth-order valence-corrected chi connectivity index (χ4v) is 3.33. The Hall–Kier alpha value is -1.92. The van der Waals surface area contributed by atoms with Crippen molar-refractivity contribution in [2.75, 3.05) is 18.5 Å². The molecule has 5 nitrogen and oxygen atoms in total. The Kier molecular flexibility index (Phi) is 6.75. The molecule has 2 aromatic rings. The maximum atomic E-state index is 12.1. The first-order chi connectivity index (χ1) is 11.6. The van der Waals surface area contributed by atoms with Crippen LogP contribution in [0, 0.1) is 5.41 Å². The van der Waals surface area contributed by atoms with E-state index in [9.17, 15) is 9.90 Å². The number of nitrogens with one attached hydrogen (secondary N) is 2. The Morgan fingerprint density at radius 3 is 2.50 bits per heavy atom. The largest absolute Gasteiger partial charge is 0.396 e. The molecule has 1 aromatic carbocycles. The van der Waals surface area contributed by atoms with Crippen LogP contribution in [0.25, 0.3) is 10.6 Å².